The number of hydrogen-bond acceptors (Lipinski definition) is 7. The summed E-state index contributed by atoms with van der Waals surface area (Å²) in [7, 11) is 1.62. The van der Waals surface area contributed by atoms with Gasteiger partial charge in [-0.2, -0.15) is 5.26 Å². The fourth-order valence-corrected chi connectivity index (χ4v) is 4.37. The number of pyridine rings is 1. The third-order valence-electron chi connectivity index (χ3n) is 5.81. The molecule has 146 valence electrons. The monoisotopic (exact) mass is 389 g/mol. The molecule has 8 nitrogen and oxygen atoms in total. The average Bonchev–Trinajstić information content (AvgIpc) is 2.98. The highest BCUT2D eigenvalue weighted by Crippen LogP contribution is 2.49. The van der Waals surface area contributed by atoms with Gasteiger partial charge in [0.25, 0.3) is 5.91 Å². The number of benzene rings is 1. The summed E-state index contributed by atoms with van der Waals surface area (Å²) in [6.07, 6.45) is 4.03. The lowest BCUT2D eigenvalue weighted by molar-refractivity contribution is -0.151. The maximum atomic E-state index is 13.4. The van der Waals surface area contributed by atoms with Crippen LogP contribution in [0.5, 0.6) is 5.75 Å². The number of rotatable bonds is 1. The highest BCUT2D eigenvalue weighted by molar-refractivity contribution is 6.08. The molecule has 0 saturated carbocycles. The van der Waals surface area contributed by atoms with Gasteiger partial charge in [-0.05, 0) is 36.6 Å². The molecule has 1 spiro atoms. The number of fused-ring (bicyclic) bond motifs is 4. The maximum absolute atomic E-state index is 13.4. The van der Waals surface area contributed by atoms with Crippen molar-refractivity contribution in [1.82, 2.24) is 9.88 Å². The van der Waals surface area contributed by atoms with Crippen molar-refractivity contribution < 1.29 is 14.3 Å². The van der Waals surface area contributed by atoms with Crippen molar-refractivity contribution >= 4 is 11.9 Å². The summed E-state index contributed by atoms with van der Waals surface area (Å²) < 4.78 is 12.2. The van der Waals surface area contributed by atoms with Gasteiger partial charge in [-0.1, -0.05) is 6.07 Å². The fraction of sp³-hybridized carbons (Fsp3) is 0.333. The molecule has 1 saturated heterocycles. The van der Waals surface area contributed by atoms with E-state index in [0.29, 0.717) is 23.5 Å². The molecule has 1 fully saturated rings. The second-order valence-electron chi connectivity index (χ2n) is 7.48. The first-order valence-corrected chi connectivity index (χ1v) is 9.46. The van der Waals surface area contributed by atoms with Crippen LogP contribution < -0.4 is 10.5 Å². The molecule has 2 N–H and O–H groups in total. The number of carbonyl (C=O) groups is 1. The Balaban J connectivity index is 1.72. The average molecular weight is 389 g/mol. The van der Waals surface area contributed by atoms with E-state index in [4.69, 9.17) is 15.2 Å². The standard InChI is InChI=1S/C21H19N5O3/c1-26-19(27)21(25-20(26)23)15-8-13(14-7-12(9-22)10-24-11-14)4-5-16(15)29-17-3-2-6-28-18(17)21/h4-5,7-8,10-11,17-18H,2-3,6H2,1H3,(H2,23,25)/t17-,18-,21-/m0/s1. The van der Waals surface area contributed by atoms with Gasteiger partial charge in [0.15, 0.2) is 5.96 Å². The van der Waals surface area contributed by atoms with Gasteiger partial charge in [-0.15, -0.1) is 0 Å². The molecule has 2 aromatic rings. The number of ether oxygens (including phenoxy) is 2. The Labute approximate surface area is 167 Å². The zero-order chi connectivity index (χ0) is 20.2. The van der Waals surface area contributed by atoms with Crippen LogP contribution in [0.4, 0.5) is 0 Å². The first-order chi connectivity index (χ1) is 14.0. The van der Waals surface area contributed by atoms with Crippen LogP contribution in [0.2, 0.25) is 0 Å². The minimum atomic E-state index is -1.27. The number of nitrogens with two attached hydrogens (primary N) is 1. The van der Waals surface area contributed by atoms with E-state index in [9.17, 15) is 10.1 Å². The van der Waals surface area contributed by atoms with E-state index in [0.717, 1.165) is 24.0 Å². The SMILES string of the molecule is CN1C(=O)[C@]2(N=C1N)c1cc(-c3cncc(C#N)c3)ccc1O[C@H]1CCCO[C@@H]12. The second-order valence-corrected chi connectivity index (χ2v) is 7.48. The van der Waals surface area contributed by atoms with Crippen LogP contribution in [-0.4, -0.2) is 47.6 Å². The molecule has 29 heavy (non-hydrogen) atoms. The van der Waals surface area contributed by atoms with Crippen LogP contribution in [0.3, 0.4) is 0 Å². The Morgan fingerprint density at radius 2 is 2.17 bits per heavy atom. The number of guanidine groups is 1. The Bertz CT molecular complexity index is 1090. The van der Waals surface area contributed by atoms with E-state index in [1.165, 1.54) is 11.1 Å². The minimum absolute atomic E-state index is 0.161. The van der Waals surface area contributed by atoms with Crippen molar-refractivity contribution in [1.29, 1.82) is 5.26 Å². The molecule has 8 heteroatoms. The van der Waals surface area contributed by atoms with Crippen molar-refractivity contribution in [3.63, 3.8) is 0 Å². The van der Waals surface area contributed by atoms with E-state index in [2.05, 4.69) is 16.0 Å². The van der Waals surface area contributed by atoms with Gasteiger partial charge in [-0.25, -0.2) is 4.99 Å². The molecule has 3 atom stereocenters. The first kappa shape index (κ1) is 17.6. The van der Waals surface area contributed by atoms with E-state index < -0.39 is 11.6 Å². The highest BCUT2D eigenvalue weighted by Gasteiger charge is 2.61. The molecule has 0 aliphatic carbocycles. The normalized spacial score (nSPS) is 27.7. The second kappa shape index (κ2) is 6.29. The lowest BCUT2D eigenvalue weighted by Crippen LogP contribution is -2.58. The minimum Gasteiger partial charge on any atom is -0.487 e. The number of amides is 1. The maximum Gasteiger partial charge on any atom is 0.264 e. The van der Waals surface area contributed by atoms with Crippen molar-refractivity contribution in [2.24, 2.45) is 10.7 Å². The fourth-order valence-electron chi connectivity index (χ4n) is 4.37. The summed E-state index contributed by atoms with van der Waals surface area (Å²) in [5, 5.41) is 9.18. The van der Waals surface area contributed by atoms with Gasteiger partial charge in [0.1, 0.15) is 24.0 Å². The quantitative estimate of drug-likeness (QED) is 0.791. The zero-order valence-electron chi connectivity index (χ0n) is 15.8. The Hall–Kier alpha value is -3.44. The van der Waals surface area contributed by atoms with Gasteiger partial charge in [0.05, 0.1) is 5.56 Å². The zero-order valence-corrected chi connectivity index (χ0v) is 15.8. The lowest BCUT2D eigenvalue weighted by atomic mass is 9.76. The van der Waals surface area contributed by atoms with E-state index in [1.807, 2.05) is 18.2 Å². The first-order valence-electron chi connectivity index (χ1n) is 9.46. The Morgan fingerprint density at radius 1 is 1.31 bits per heavy atom. The molecule has 1 aromatic carbocycles. The van der Waals surface area contributed by atoms with Crippen molar-refractivity contribution in [3.8, 4) is 22.9 Å². The van der Waals surface area contributed by atoms with Crippen LogP contribution >= 0.6 is 0 Å². The van der Waals surface area contributed by atoms with Crippen molar-refractivity contribution in [3.05, 3.63) is 47.8 Å². The Morgan fingerprint density at radius 3 is 2.93 bits per heavy atom. The molecular weight excluding hydrogens is 370 g/mol. The molecule has 0 bridgehead atoms. The lowest BCUT2D eigenvalue weighted by Gasteiger charge is -2.45. The topological polar surface area (TPSA) is 114 Å². The van der Waals surface area contributed by atoms with Gasteiger partial charge in [0.2, 0.25) is 5.54 Å². The van der Waals surface area contributed by atoms with E-state index in [1.54, 1.807) is 19.3 Å². The largest absolute Gasteiger partial charge is 0.487 e. The molecule has 0 unspecified atom stereocenters. The molecule has 5 rings (SSSR count). The Kier molecular flexibility index (Phi) is 3.83. The van der Waals surface area contributed by atoms with Gasteiger partial charge in [-0.3, -0.25) is 14.7 Å². The van der Waals surface area contributed by atoms with Crippen LogP contribution in [0.15, 0.2) is 41.7 Å². The predicted molar refractivity (Wildman–Crippen MR) is 104 cm³/mol. The molecule has 3 aliphatic rings. The summed E-state index contributed by atoms with van der Waals surface area (Å²) >= 11 is 0. The number of carbonyl (C=O) groups excluding carboxylic acids is 1. The van der Waals surface area contributed by atoms with Crippen molar-refractivity contribution in [2.75, 3.05) is 13.7 Å². The van der Waals surface area contributed by atoms with Gasteiger partial charge >= 0.3 is 0 Å². The van der Waals surface area contributed by atoms with Gasteiger partial charge < -0.3 is 15.2 Å². The van der Waals surface area contributed by atoms with Crippen LogP contribution in [0, 0.1) is 11.3 Å². The predicted octanol–water partition coefficient (Wildman–Crippen LogP) is 1.54. The van der Waals surface area contributed by atoms with Gasteiger partial charge in [0, 0.05) is 37.2 Å². The summed E-state index contributed by atoms with van der Waals surface area (Å²) in [4.78, 5) is 23.5. The molecule has 4 heterocycles. The molecule has 3 aliphatic heterocycles. The van der Waals surface area contributed by atoms with Crippen LogP contribution in [0.1, 0.15) is 24.0 Å². The van der Waals surface area contributed by atoms with Crippen LogP contribution in [0.25, 0.3) is 11.1 Å². The number of likely N-dealkylation sites (N-methyl/N-ethyl adjacent to an activating group) is 1. The third-order valence-corrected chi connectivity index (χ3v) is 5.81. The molecule has 1 aromatic heterocycles. The summed E-state index contributed by atoms with van der Waals surface area (Å²) in [5.74, 6) is 0.539. The summed E-state index contributed by atoms with van der Waals surface area (Å²) in [5.41, 5.74) is 7.44. The smallest absolute Gasteiger partial charge is 0.264 e. The van der Waals surface area contributed by atoms with Crippen LogP contribution in [-0.2, 0) is 15.1 Å². The third kappa shape index (κ3) is 2.44. The highest BCUT2D eigenvalue weighted by atomic mass is 16.5. The number of aliphatic imine (C=N–C) groups is 1. The number of nitriles is 1. The van der Waals surface area contributed by atoms with Crippen molar-refractivity contribution in [2.45, 2.75) is 30.6 Å². The number of aromatic nitrogens is 1. The number of nitrogens with zero attached hydrogens (tertiary/aromatic N) is 4. The summed E-state index contributed by atoms with van der Waals surface area (Å²) in [6, 6.07) is 9.46. The van der Waals surface area contributed by atoms with E-state index >= 15 is 0 Å². The summed E-state index contributed by atoms with van der Waals surface area (Å²) in [6.45, 7) is 0.544. The molecular formula is C21H19N5O3. The molecule has 0 radical (unpaired) electrons. The number of hydrogen-bond donors (Lipinski definition) is 1. The van der Waals surface area contributed by atoms with E-state index in [-0.39, 0.29) is 18.0 Å². The molecule has 1 amide bonds.